The van der Waals surface area contributed by atoms with E-state index in [0.29, 0.717) is 6.42 Å². The average Bonchev–Trinajstić information content (AvgIpc) is 2.42. The number of nitrogens with one attached hydrogen (secondary N) is 1. The van der Waals surface area contributed by atoms with Gasteiger partial charge in [-0.25, -0.2) is 9.78 Å². The van der Waals surface area contributed by atoms with Gasteiger partial charge in [-0.3, -0.25) is 14.9 Å². The van der Waals surface area contributed by atoms with Crippen LogP contribution in [0.4, 0.5) is 11.5 Å². The lowest BCUT2D eigenvalue weighted by Crippen LogP contribution is -2.14. The molecule has 0 saturated carbocycles. The molecule has 0 atom stereocenters. The molecular weight excluding hydrogens is 268 g/mol. The molecule has 1 heterocycles. The molecule has 3 N–H and O–H groups in total. The van der Waals surface area contributed by atoms with Gasteiger partial charge in [0, 0.05) is 19.0 Å². The molecule has 20 heavy (non-hydrogen) atoms. The van der Waals surface area contributed by atoms with Crippen molar-refractivity contribution >= 4 is 23.4 Å². The molecule has 0 aliphatic rings. The summed E-state index contributed by atoms with van der Waals surface area (Å²) in [5.74, 6) is -1.21. The number of nitrogens with zero attached hydrogens (tertiary/aromatic N) is 2. The van der Waals surface area contributed by atoms with Gasteiger partial charge < -0.3 is 15.8 Å². The number of pyridine rings is 1. The second-order valence-corrected chi connectivity index (χ2v) is 3.81. The Bertz CT molecular complexity index is 532. The highest BCUT2D eigenvalue weighted by molar-refractivity contribution is 5.88. The second-order valence-electron chi connectivity index (χ2n) is 3.81. The maximum atomic E-state index is 11.3. The van der Waals surface area contributed by atoms with Crippen LogP contribution in [0.3, 0.4) is 0 Å². The van der Waals surface area contributed by atoms with Crippen LogP contribution in [-0.2, 0) is 9.53 Å². The zero-order valence-corrected chi connectivity index (χ0v) is 10.8. The number of esters is 1. The van der Waals surface area contributed by atoms with Crippen LogP contribution in [-0.4, -0.2) is 35.4 Å². The van der Waals surface area contributed by atoms with Gasteiger partial charge in [0.05, 0.1) is 12.0 Å². The molecule has 0 aliphatic heterocycles. The molecule has 0 aliphatic carbocycles. The summed E-state index contributed by atoms with van der Waals surface area (Å²) in [4.78, 5) is 36.0. The Morgan fingerprint density at radius 1 is 1.50 bits per heavy atom. The van der Waals surface area contributed by atoms with Crippen molar-refractivity contribution in [2.45, 2.75) is 12.8 Å². The SMILES string of the molecule is COC(=O)c1ccc([N+](=O)[O-])c(NCCCC(N)=O)n1. The Labute approximate surface area is 114 Å². The molecule has 1 aromatic heterocycles. The number of nitro groups is 1. The Morgan fingerprint density at radius 3 is 2.75 bits per heavy atom. The molecule has 1 aromatic rings. The van der Waals surface area contributed by atoms with Gasteiger partial charge in [0.15, 0.2) is 5.69 Å². The quantitative estimate of drug-likeness (QED) is 0.320. The van der Waals surface area contributed by atoms with Gasteiger partial charge in [0.25, 0.3) is 0 Å². The number of carbonyl (C=O) groups excluding carboxylic acids is 2. The van der Waals surface area contributed by atoms with Crippen LogP contribution >= 0.6 is 0 Å². The van der Waals surface area contributed by atoms with E-state index in [2.05, 4.69) is 15.0 Å². The number of aromatic nitrogens is 1. The molecule has 0 unspecified atom stereocenters. The highest BCUT2D eigenvalue weighted by Crippen LogP contribution is 2.22. The predicted molar refractivity (Wildman–Crippen MR) is 69.1 cm³/mol. The number of nitrogens with two attached hydrogens (primary N) is 1. The van der Waals surface area contributed by atoms with Crippen LogP contribution in [0, 0.1) is 10.1 Å². The van der Waals surface area contributed by atoms with Crippen LogP contribution in [0.5, 0.6) is 0 Å². The first-order valence-electron chi connectivity index (χ1n) is 5.71. The summed E-state index contributed by atoms with van der Waals surface area (Å²) in [7, 11) is 1.19. The van der Waals surface area contributed by atoms with E-state index in [0.717, 1.165) is 6.07 Å². The molecule has 0 fully saturated rings. The first-order chi connectivity index (χ1) is 9.45. The molecule has 1 amide bonds. The van der Waals surface area contributed by atoms with E-state index in [1.165, 1.54) is 13.2 Å². The summed E-state index contributed by atoms with van der Waals surface area (Å²) in [6, 6.07) is 2.37. The first-order valence-corrected chi connectivity index (χ1v) is 5.71. The fraction of sp³-hybridized carbons (Fsp3) is 0.364. The lowest BCUT2D eigenvalue weighted by atomic mass is 10.3. The van der Waals surface area contributed by atoms with Crippen molar-refractivity contribution in [2.75, 3.05) is 19.0 Å². The van der Waals surface area contributed by atoms with E-state index in [1.54, 1.807) is 0 Å². The lowest BCUT2D eigenvalue weighted by Gasteiger charge is -2.07. The molecule has 0 saturated heterocycles. The number of anilines is 1. The average molecular weight is 282 g/mol. The maximum absolute atomic E-state index is 11.3. The summed E-state index contributed by atoms with van der Waals surface area (Å²) < 4.78 is 4.49. The molecule has 9 heteroatoms. The van der Waals surface area contributed by atoms with E-state index in [9.17, 15) is 19.7 Å². The fourth-order valence-corrected chi connectivity index (χ4v) is 1.42. The zero-order valence-electron chi connectivity index (χ0n) is 10.8. The molecule has 0 aromatic carbocycles. The zero-order chi connectivity index (χ0) is 15.1. The topological polar surface area (TPSA) is 137 Å². The summed E-state index contributed by atoms with van der Waals surface area (Å²) in [5, 5.41) is 13.5. The monoisotopic (exact) mass is 282 g/mol. The van der Waals surface area contributed by atoms with E-state index in [1.807, 2.05) is 0 Å². The number of rotatable bonds is 7. The normalized spacial score (nSPS) is 9.85. The van der Waals surface area contributed by atoms with Crippen LogP contribution in [0.1, 0.15) is 23.3 Å². The van der Waals surface area contributed by atoms with Crippen molar-refractivity contribution < 1.29 is 19.2 Å². The Kier molecular flexibility index (Phi) is 5.39. The summed E-state index contributed by atoms with van der Waals surface area (Å²) >= 11 is 0. The van der Waals surface area contributed by atoms with Gasteiger partial charge in [-0.2, -0.15) is 0 Å². The third-order valence-electron chi connectivity index (χ3n) is 2.36. The number of methoxy groups -OCH3 is 1. The van der Waals surface area contributed by atoms with Crippen molar-refractivity contribution in [3.05, 3.63) is 27.9 Å². The Hall–Kier alpha value is -2.71. The first kappa shape index (κ1) is 15.3. The van der Waals surface area contributed by atoms with Crippen LogP contribution < -0.4 is 11.1 Å². The second kappa shape index (κ2) is 7.02. The minimum absolute atomic E-state index is 0.0458. The number of carbonyl (C=O) groups is 2. The summed E-state index contributed by atoms with van der Waals surface area (Å²) in [6.45, 7) is 0.265. The molecule has 108 valence electrons. The molecule has 0 radical (unpaired) electrons. The number of ether oxygens (including phenoxy) is 1. The van der Waals surface area contributed by atoms with Crippen molar-refractivity contribution in [1.29, 1.82) is 0 Å². The maximum Gasteiger partial charge on any atom is 0.356 e. The van der Waals surface area contributed by atoms with E-state index in [-0.39, 0.29) is 30.2 Å². The highest BCUT2D eigenvalue weighted by atomic mass is 16.6. The number of amides is 1. The lowest BCUT2D eigenvalue weighted by molar-refractivity contribution is -0.384. The Balaban J connectivity index is 2.86. The summed E-state index contributed by atoms with van der Waals surface area (Å²) in [6.07, 6.45) is 0.550. The van der Waals surface area contributed by atoms with Crippen molar-refractivity contribution in [2.24, 2.45) is 5.73 Å². The van der Waals surface area contributed by atoms with Gasteiger partial charge in [-0.05, 0) is 12.5 Å². The highest BCUT2D eigenvalue weighted by Gasteiger charge is 2.18. The fourth-order valence-electron chi connectivity index (χ4n) is 1.42. The van der Waals surface area contributed by atoms with E-state index < -0.39 is 16.8 Å². The molecule has 1 rings (SSSR count). The number of primary amides is 1. The van der Waals surface area contributed by atoms with Crippen molar-refractivity contribution in [3.63, 3.8) is 0 Å². The standard InChI is InChI=1S/C11H14N4O5/c1-20-11(17)7-4-5-8(15(18)19)10(14-7)13-6-2-3-9(12)16/h4-5H,2-3,6H2,1H3,(H2,12,16)(H,13,14). The van der Waals surface area contributed by atoms with Crippen molar-refractivity contribution in [3.8, 4) is 0 Å². The van der Waals surface area contributed by atoms with Gasteiger partial charge in [-0.15, -0.1) is 0 Å². The van der Waals surface area contributed by atoms with Gasteiger partial charge >= 0.3 is 11.7 Å². The molecular formula is C11H14N4O5. The third kappa shape index (κ3) is 4.19. The van der Waals surface area contributed by atoms with E-state index in [4.69, 9.17) is 5.73 Å². The molecule has 0 spiro atoms. The third-order valence-corrected chi connectivity index (χ3v) is 2.36. The Morgan fingerprint density at radius 2 is 2.20 bits per heavy atom. The minimum atomic E-state index is -0.694. The van der Waals surface area contributed by atoms with Crippen LogP contribution in [0.25, 0.3) is 0 Å². The summed E-state index contributed by atoms with van der Waals surface area (Å²) in [5.41, 5.74) is 4.67. The minimum Gasteiger partial charge on any atom is -0.464 e. The molecule has 9 nitrogen and oxygen atoms in total. The smallest absolute Gasteiger partial charge is 0.356 e. The predicted octanol–water partition coefficient (Wildman–Crippen LogP) is 0.454. The van der Waals surface area contributed by atoms with Crippen molar-refractivity contribution in [1.82, 2.24) is 4.98 Å². The van der Waals surface area contributed by atoms with Crippen LogP contribution in [0.15, 0.2) is 12.1 Å². The van der Waals surface area contributed by atoms with E-state index >= 15 is 0 Å². The number of hydrogen-bond donors (Lipinski definition) is 2. The van der Waals surface area contributed by atoms with Gasteiger partial charge in [0.2, 0.25) is 11.7 Å². The van der Waals surface area contributed by atoms with Gasteiger partial charge in [0.1, 0.15) is 0 Å². The van der Waals surface area contributed by atoms with Crippen LogP contribution in [0.2, 0.25) is 0 Å². The van der Waals surface area contributed by atoms with Gasteiger partial charge in [-0.1, -0.05) is 0 Å². The largest absolute Gasteiger partial charge is 0.464 e. The molecule has 0 bridgehead atoms. The number of hydrogen-bond acceptors (Lipinski definition) is 7.